The molecule has 0 saturated carbocycles. The number of aryl methyl sites for hydroxylation is 1. The number of amides is 2. The number of aromatic nitrogens is 2. The lowest BCUT2D eigenvalue weighted by atomic mass is 10.1. The van der Waals surface area contributed by atoms with E-state index in [4.69, 9.17) is 21.9 Å². The van der Waals surface area contributed by atoms with E-state index >= 15 is 0 Å². The van der Waals surface area contributed by atoms with Gasteiger partial charge in [0.1, 0.15) is 21.8 Å². The summed E-state index contributed by atoms with van der Waals surface area (Å²) >= 11 is 6.51. The summed E-state index contributed by atoms with van der Waals surface area (Å²) in [6.07, 6.45) is 3.71. The van der Waals surface area contributed by atoms with Gasteiger partial charge < -0.3 is 15.0 Å². The number of thiocarbonyl (C=S) groups is 1. The molecule has 2 aromatic rings. The zero-order chi connectivity index (χ0) is 26.0. The van der Waals surface area contributed by atoms with Gasteiger partial charge in [0.25, 0.3) is 11.5 Å². The van der Waals surface area contributed by atoms with Crippen LogP contribution in [-0.4, -0.2) is 68.7 Å². The average molecular weight is 530 g/mol. The minimum absolute atomic E-state index is 0.152. The molecule has 1 atom stereocenters. The van der Waals surface area contributed by atoms with Crippen molar-refractivity contribution in [3.63, 3.8) is 0 Å². The number of ether oxygens (including phenoxy) is 1. The summed E-state index contributed by atoms with van der Waals surface area (Å²) in [6.45, 7) is 6.81. The first-order chi connectivity index (χ1) is 17.2. The summed E-state index contributed by atoms with van der Waals surface area (Å²) in [7, 11) is 0. The number of carbonyl (C=O) groups is 3. The Morgan fingerprint density at radius 1 is 1.31 bits per heavy atom. The molecule has 2 aliphatic rings. The third-order valence-electron chi connectivity index (χ3n) is 5.85. The molecule has 190 valence electrons. The average Bonchev–Trinajstić information content (AvgIpc) is 3.10. The van der Waals surface area contributed by atoms with Gasteiger partial charge in [0.2, 0.25) is 5.91 Å². The quantitative estimate of drug-likeness (QED) is 0.326. The Balaban J connectivity index is 1.88. The molecule has 2 aliphatic heterocycles. The molecule has 2 fully saturated rings. The smallest absolute Gasteiger partial charge is 0.308 e. The largest absolute Gasteiger partial charge is 0.466 e. The van der Waals surface area contributed by atoms with Gasteiger partial charge in [-0.05, 0) is 38.0 Å². The third kappa shape index (κ3) is 5.00. The minimum Gasteiger partial charge on any atom is -0.466 e. The Morgan fingerprint density at radius 2 is 2.08 bits per heavy atom. The van der Waals surface area contributed by atoms with Crippen LogP contribution in [0, 0.1) is 6.92 Å². The zero-order valence-electron chi connectivity index (χ0n) is 20.3. The van der Waals surface area contributed by atoms with E-state index in [0.717, 1.165) is 23.7 Å². The van der Waals surface area contributed by atoms with E-state index in [0.29, 0.717) is 34.5 Å². The molecule has 2 amide bonds. The highest BCUT2D eigenvalue weighted by molar-refractivity contribution is 8.26. The van der Waals surface area contributed by atoms with Gasteiger partial charge >= 0.3 is 5.97 Å². The van der Waals surface area contributed by atoms with Crippen LogP contribution in [0.1, 0.15) is 37.8 Å². The number of nitrogens with zero attached hydrogens (tertiary/aromatic N) is 4. The highest BCUT2D eigenvalue weighted by Crippen LogP contribution is 2.34. The molecule has 1 unspecified atom stereocenters. The number of fused-ring (bicyclic) bond motifs is 1. The van der Waals surface area contributed by atoms with Crippen LogP contribution in [-0.2, 0) is 19.1 Å². The van der Waals surface area contributed by atoms with E-state index in [9.17, 15) is 19.2 Å². The molecule has 2 aromatic heterocycles. The fraction of sp³-hybridized carbons (Fsp3) is 0.417. The van der Waals surface area contributed by atoms with Crippen molar-refractivity contribution in [3.05, 3.63) is 44.7 Å². The molecule has 4 heterocycles. The topological polar surface area (TPSA) is 113 Å². The fourth-order valence-electron chi connectivity index (χ4n) is 4.19. The number of nitrogens with one attached hydrogen (secondary N) is 1. The normalized spacial score (nSPS) is 19.4. The fourth-order valence-corrected chi connectivity index (χ4v) is 5.48. The Morgan fingerprint density at radius 3 is 2.81 bits per heavy atom. The van der Waals surface area contributed by atoms with Crippen LogP contribution in [0.5, 0.6) is 0 Å². The molecule has 0 spiro atoms. The Labute approximate surface area is 217 Å². The molecule has 0 aromatic carbocycles. The van der Waals surface area contributed by atoms with Gasteiger partial charge in [0, 0.05) is 25.8 Å². The first-order valence-electron chi connectivity index (χ1n) is 11.7. The number of thioether (sulfide) groups is 1. The zero-order valence-corrected chi connectivity index (χ0v) is 21.9. The number of carbonyl (C=O) groups excluding carboxylic acids is 3. The van der Waals surface area contributed by atoms with Crippen LogP contribution in [0.3, 0.4) is 0 Å². The van der Waals surface area contributed by atoms with Gasteiger partial charge in [-0.25, -0.2) is 4.98 Å². The van der Waals surface area contributed by atoms with Crippen molar-refractivity contribution in [1.29, 1.82) is 0 Å². The van der Waals surface area contributed by atoms with Gasteiger partial charge in [0.15, 0.2) is 0 Å². The van der Waals surface area contributed by atoms with E-state index in [-0.39, 0.29) is 41.8 Å². The van der Waals surface area contributed by atoms with Gasteiger partial charge in [-0.15, -0.1) is 0 Å². The van der Waals surface area contributed by atoms with Crippen molar-refractivity contribution in [2.24, 2.45) is 0 Å². The molecule has 0 radical (unpaired) electrons. The third-order valence-corrected chi connectivity index (χ3v) is 7.23. The molecule has 12 heteroatoms. The van der Waals surface area contributed by atoms with Crippen molar-refractivity contribution < 1.29 is 19.1 Å². The van der Waals surface area contributed by atoms with Gasteiger partial charge in [-0.1, -0.05) is 37.0 Å². The maximum Gasteiger partial charge on any atom is 0.308 e. The summed E-state index contributed by atoms with van der Waals surface area (Å²) in [6, 6.07) is 2.63. The van der Waals surface area contributed by atoms with Crippen molar-refractivity contribution in [2.45, 2.75) is 39.7 Å². The van der Waals surface area contributed by atoms with Crippen LogP contribution in [0.4, 0.5) is 5.82 Å². The van der Waals surface area contributed by atoms with Crippen molar-refractivity contribution in [1.82, 2.24) is 19.6 Å². The van der Waals surface area contributed by atoms with Crippen LogP contribution in [0.15, 0.2) is 28.0 Å². The Kier molecular flexibility index (Phi) is 7.74. The lowest BCUT2D eigenvalue weighted by Crippen LogP contribution is -2.57. The number of pyridine rings is 1. The summed E-state index contributed by atoms with van der Waals surface area (Å²) in [5.74, 6) is -0.931. The summed E-state index contributed by atoms with van der Waals surface area (Å²) in [4.78, 5) is 60.1. The molecular formula is C24H27N5O5S2. The van der Waals surface area contributed by atoms with Crippen LogP contribution < -0.4 is 15.8 Å². The second kappa shape index (κ2) is 10.8. The first kappa shape index (κ1) is 25.8. The van der Waals surface area contributed by atoms with E-state index < -0.39 is 12.0 Å². The number of esters is 1. The van der Waals surface area contributed by atoms with E-state index in [1.807, 2.05) is 19.9 Å². The molecule has 4 rings (SSSR count). The second-order valence-corrected chi connectivity index (χ2v) is 10.1. The van der Waals surface area contributed by atoms with Crippen molar-refractivity contribution >= 4 is 63.6 Å². The number of anilines is 1. The monoisotopic (exact) mass is 529 g/mol. The highest BCUT2D eigenvalue weighted by Gasteiger charge is 2.36. The predicted molar refractivity (Wildman–Crippen MR) is 142 cm³/mol. The Hall–Kier alpha value is -3.25. The maximum absolute atomic E-state index is 13.7. The van der Waals surface area contributed by atoms with Crippen LogP contribution >= 0.6 is 24.0 Å². The van der Waals surface area contributed by atoms with E-state index in [2.05, 4.69) is 5.32 Å². The molecule has 36 heavy (non-hydrogen) atoms. The second-order valence-electron chi connectivity index (χ2n) is 8.43. The molecule has 1 N–H and O–H groups in total. The lowest BCUT2D eigenvalue weighted by Gasteiger charge is -2.36. The Bertz CT molecular complexity index is 1340. The number of hydrogen-bond donors (Lipinski definition) is 1. The highest BCUT2D eigenvalue weighted by atomic mass is 32.2. The van der Waals surface area contributed by atoms with Gasteiger partial charge in [-0.3, -0.25) is 28.5 Å². The summed E-state index contributed by atoms with van der Waals surface area (Å²) < 4.78 is 6.92. The van der Waals surface area contributed by atoms with Crippen molar-refractivity contribution in [3.8, 4) is 0 Å². The number of rotatable bonds is 7. The molecule has 0 aliphatic carbocycles. The van der Waals surface area contributed by atoms with E-state index in [1.165, 1.54) is 15.4 Å². The minimum atomic E-state index is -0.917. The molecule has 10 nitrogen and oxygen atoms in total. The van der Waals surface area contributed by atoms with Gasteiger partial charge in [-0.2, -0.15) is 0 Å². The predicted octanol–water partition coefficient (Wildman–Crippen LogP) is 1.87. The lowest BCUT2D eigenvalue weighted by molar-refractivity contribution is -0.145. The summed E-state index contributed by atoms with van der Waals surface area (Å²) in [5.41, 5.74) is 1.01. The SMILES string of the molecule is CCCN1C(=O)/C(=C/c2c(N3CCNC(=O)C3CC(=O)OCC)nc3ccc(C)cn3c2=O)SC1=S. The molecule has 2 saturated heterocycles. The van der Waals surface area contributed by atoms with Crippen molar-refractivity contribution in [2.75, 3.05) is 31.1 Å². The number of piperazine rings is 1. The van der Waals surface area contributed by atoms with Crippen LogP contribution in [0.25, 0.3) is 11.7 Å². The van der Waals surface area contributed by atoms with Gasteiger partial charge in [0.05, 0.1) is 23.5 Å². The van der Waals surface area contributed by atoms with E-state index in [1.54, 1.807) is 24.1 Å². The maximum atomic E-state index is 13.7. The van der Waals surface area contributed by atoms with Crippen LogP contribution in [0.2, 0.25) is 0 Å². The standard InChI is InChI=1S/C24H27N5O5S2/c1-4-9-28-23(33)17(36-24(28)35)11-15-20(26-18-7-6-14(3)13-29(18)22(15)32)27-10-8-25-21(31)16(27)12-19(30)34-5-2/h6-7,11,13,16H,4-5,8-10,12H2,1-3H3,(H,25,31)/b17-11-. The molecular weight excluding hydrogens is 502 g/mol. The summed E-state index contributed by atoms with van der Waals surface area (Å²) in [5, 5.41) is 2.77. The first-order valence-corrected chi connectivity index (χ1v) is 13.0. The number of hydrogen-bond acceptors (Lipinski definition) is 9. The molecule has 0 bridgehead atoms.